The molecule has 7 heteroatoms. The molecular weight excluding hydrogens is 394 g/mol. The fraction of sp³-hybridized carbons (Fsp3) is 0.292. The highest BCUT2D eigenvalue weighted by Gasteiger charge is 2.27. The second-order valence-electron chi connectivity index (χ2n) is 7.40. The molecule has 0 aliphatic carbocycles. The average molecular weight is 421 g/mol. The van der Waals surface area contributed by atoms with Crippen LogP contribution >= 0.6 is 0 Å². The van der Waals surface area contributed by atoms with Crippen LogP contribution in [0.1, 0.15) is 22.9 Å². The Morgan fingerprint density at radius 3 is 2.65 bits per heavy atom. The van der Waals surface area contributed by atoms with Crippen LogP contribution in [0.25, 0.3) is 0 Å². The minimum Gasteiger partial charge on any atom is -0.493 e. The third-order valence-electron chi connectivity index (χ3n) is 5.58. The number of para-hydroxylation sites is 1. The number of hydrogen-bond donors (Lipinski definition) is 2. The standard InChI is InChI=1S/C24H27N3O4/c1-29-22-10-5-9-19(23(22)30-2)26-24(28)25-15-20(21-11-6-14-31-21)27-13-12-17-7-3-4-8-18(17)16-27/h3-11,14,20H,12-13,15-16H2,1-2H3,(H2,25,26,28)/t20-/m1/s1. The summed E-state index contributed by atoms with van der Waals surface area (Å²) in [6, 6.07) is 17.3. The molecule has 2 aromatic carbocycles. The number of furan rings is 1. The van der Waals surface area contributed by atoms with Gasteiger partial charge in [-0.15, -0.1) is 0 Å². The largest absolute Gasteiger partial charge is 0.493 e. The van der Waals surface area contributed by atoms with Crippen LogP contribution in [0, 0.1) is 0 Å². The summed E-state index contributed by atoms with van der Waals surface area (Å²) in [5, 5.41) is 5.83. The number of benzene rings is 2. The number of fused-ring (bicyclic) bond motifs is 1. The van der Waals surface area contributed by atoms with Crippen molar-refractivity contribution in [2.24, 2.45) is 0 Å². The molecule has 0 saturated heterocycles. The normalized spacial score (nSPS) is 14.4. The predicted octanol–water partition coefficient (Wildman–Crippen LogP) is 4.22. The molecule has 1 atom stereocenters. The lowest BCUT2D eigenvalue weighted by atomic mass is 9.98. The monoisotopic (exact) mass is 421 g/mol. The summed E-state index contributed by atoms with van der Waals surface area (Å²) in [5.41, 5.74) is 3.24. The number of urea groups is 1. The summed E-state index contributed by atoms with van der Waals surface area (Å²) in [6.07, 6.45) is 2.64. The summed E-state index contributed by atoms with van der Waals surface area (Å²) in [7, 11) is 3.11. The Balaban J connectivity index is 1.45. The van der Waals surface area contributed by atoms with Crippen molar-refractivity contribution in [1.29, 1.82) is 0 Å². The first-order valence-corrected chi connectivity index (χ1v) is 10.3. The fourth-order valence-electron chi connectivity index (χ4n) is 4.02. The number of methoxy groups -OCH3 is 2. The molecule has 0 saturated carbocycles. The van der Waals surface area contributed by atoms with Gasteiger partial charge in [-0.1, -0.05) is 30.3 Å². The van der Waals surface area contributed by atoms with E-state index in [9.17, 15) is 4.79 Å². The Morgan fingerprint density at radius 2 is 1.90 bits per heavy atom. The van der Waals surface area contributed by atoms with Crippen molar-refractivity contribution in [3.8, 4) is 11.5 Å². The van der Waals surface area contributed by atoms with Crippen molar-refractivity contribution in [2.75, 3.05) is 32.6 Å². The van der Waals surface area contributed by atoms with Crippen LogP contribution in [0.2, 0.25) is 0 Å². The highest BCUT2D eigenvalue weighted by atomic mass is 16.5. The molecule has 2 N–H and O–H groups in total. The van der Waals surface area contributed by atoms with Crippen LogP contribution in [0.15, 0.2) is 65.3 Å². The van der Waals surface area contributed by atoms with Crippen molar-refractivity contribution in [2.45, 2.75) is 19.0 Å². The molecule has 1 aromatic heterocycles. The Morgan fingerprint density at radius 1 is 1.06 bits per heavy atom. The van der Waals surface area contributed by atoms with Crippen LogP contribution in [-0.2, 0) is 13.0 Å². The third kappa shape index (κ3) is 4.67. The number of carbonyl (C=O) groups excluding carboxylic acids is 1. The molecule has 0 spiro atoms. The Bertz CT molecular complexity index is 1020. The predicted molar refractivity (Wildman–Crippen MR) is 119 cm³/mol. The smallest absolute Gasteiger partial charge is 0.319 e. The third-order valence-corrected chi connectivity index (χ3v) is 5.58. The van der Waals surface area contributed by atoms with Gasteiger partial charge in [0.25, 0.3) is 0 Å². The summed E-state index contributed by atoms with van der Waals surface area (Å²) in [4.78, 5) is 15.0. The summed E-state index contributed by atoms with van der Waals surface area (Å²) < 4.78 is 16.4. The van der Waals surface area contributed by atoms with Crippen molar-refractivity contribution >= 4 is 11.7 Å². The van der Waals surface area contributed by atoms with E-state index < -0.39 is 0 Å². The van der Waals surface area contributed by atoms with E-state index in [1.165, 1.54) is 11.1 Å². The second-order valence-corrected chi connectivity index (χ2v) is 7.40. The van der Waals surface area contributed by atoms with Crippen LogP contribution in [0.4, 0.5) is 10.5 Å². The van der Waals surface area contributed by atoms with E-state index in [-0.39, 0.29) is 12.1 Å². The van der Waals surface area contributed by atoms with Gasteiger partial charge in [0, 0.05) is 19.6 Å². The first-order chi connectivity index (χ1) is 15.2. The number of nitrogens with one attached hydrogen (secondary N) is 2. The lowest BCUT2D eigenvalue weighted by Gasteiger charge is -2.34. The van der Waals surface area contributed by atoms with Gasteiger partial charge in [0.15, 0.2) is 11.5 Å². The van der Waals surface area contributed by atoms with Crippen LogP contribution in [0.3, 0.4) is 0 Å². The van der Waals surface area contributed by atoms with Gasteiger partial charge < -0.3 is 24.5 Å². The Hall–Kier alpha value is -3.45. The van der Waals surface area contributed by atoms with Gasteiger partial charge in [-0.25, -0.2) is 4.79 Å². The molecule has 1 aliphatic rings. The minimum atomic E-state index is -0.319. The van der Waals surface area contributed by atoms with Crippen molar-refractivity contribution in [3.63, 3.8) is 0 Å². The molecule has 4 rings (SSSR count). The lowest BCUT2D eigenvalue weighted by molar-refractivity contribution is 0.156. The van der Waals surface area contributed by atoms with Gasteiger partial charge in [-0.2, -0.15) is 0 Å². The van der Waals surface area contributed by atoms with Gasteiger partial charge in [0.1, 0.15) is 5.76 Å². The van der Waals surface area contributed by atoms with E-state index in [0.717, 1.165) is 25.3 Å². The first kappa shape index (κ1) is 20.8. The van der Waals surface area contributed by atoms with Gasteiger partial charge in [-0.05, 0) is 41.8 Å². The van der Waals surface area contributed by atoms with Gasteiger partial charge in [0.2, 0.25) is 0 Å². The molecule has 7 nitrogen and oxygen atoms in total. The molecular formula is C24H27N3O4. The summed E-state index contributed by atoms with van der Waals surface area (Å²) in [5.74, 6) is 1.87. The van der Waals surface area contributed by atoms with E-state index in [2.05, 4.69) is 39.8 Å². The van der Waals surface area contributed by atoms with Crippen molar-refractivity contribution in [3.05, 3.63) is 77.7 Å². The quantitative estimate of drug-likeness (QED) is 0.597. The van der Waals surface area contributed by atoms with Crippen molar-refractivity contribution in [1.82, 2.24) is 10.2 Å². The van der Waals surface area contributed by atoms with E-state index in [1.54, 1.807) is 38.7 Å². The van der Waals surface area contributed by atoms with Crippen LogP contribution < -0.4 is 20.1 Å². The zero-order valence-electron chi connectivity index (χ0n) is 17.8. The van der Waals surface area contributed by atoms with Crippen LogP contribution in [0.5, 0.6) is 11.5 Å². The van der Waals surface area contributed by atoms with Crippen molar-refractivity contribution < 1.29 is 18.7 Å². The number of ether oxygens (including phenoxy) is 2. The number of nitrogens with zero attached hydrogens (tertiary/aromatic N) is 1. The molecule has 31 heavy (non-hydrogen) atoms. The first-order valence-electron chi connectivity index (χ1n) is 10.3. The minimum absolute atomic E-state index is 0.0682. The molecule has 2 amide bonds. The SMILES string of the molecule is COc1cccc(NC(=O)NC[C@H](c2ccco2)N2CCc3ccccc3C2)c1OC. The van der Waals surface area contributed by atoms with Gasteiger partial charge >= 0.3 is 6.03 Å². The molecule has 0 radical (unpaired) electrons. The van der Waals surface area contributed by atoms with E-state index in [4.69, 9.17) is 13.9 Å². The van der Waals surface area contributed by atoms with Gasteiger partial charge in [0.05, 0.1) is 32.2 Å². The number of hydrogen-bond acceptors (Lipinski definition) is 5. The van der Waals surface area contributed by atoms with E-state index >= 15 is 0 Å². The molecule has 0 bridgehead atoms. The summed E-state index contributed by atoms with van der Waals surface area (Å²) in [6.45, 7) is 2.12. The average Bonchev–Trinajstić information content (AvgIpc) is 3.33. The Labute approximate surface area is 182 Å². The Kier molecular flexibility index (Phi) is 6.43. The number of amides is 2. The molecule has 1 aliphatic heterocycles. The number of rotatable bonds is 7. The highest BCUT2D eigenvalue weighted by molar-refractivity contribution is 5.91. The fourth-order valence-corrected chi connectivity index (χ4v) is 4.02. The summed E-state index contributed by atoms with van der Waals surface area (Å²) >= 11 is 0. The van der Waals surface area contributed by atoms with Crippen LogP contribution in [-0.4, -0.2) is 38.2 Å². The van der Waals surface area contributed by atoms with E-state index in [0.29, 0.717) is 23.7 Å². The molecule has 162 valence electrons. The number of carbonyl (C=O) groups is 1. The molecule has 3 aromatic rings. The van der Waals surface area contributed by atoms with E-state index in [1.807, 2.05) is 12.1 Å². The maximum atomic E-state index is 12.7. The molecule has 0 unspecified atom stereocenters. The highest BCUT2D eigenvalue weighted by Crippen LogP contribution is 2.34. The lowest BCUT2D eigenvalue weighted by Crippen LogP contribution is -2.41. The molecule has 2 heterocycles. The second kappa shape index (κ2) is 9.57. The maximum Gasteiger partial charge on any atom is 0.319 e. The number of anilines is 1. The van der Waals surface area contributed by atoms with Gasteiger partial charge in [-0.3, -0.25) is 4.90 Å². The zero-order valence-corrected chi connectivity index (χ0v) is 17.8. The molecule has 0 fully saturated rings. The topological polar surface area (TPSA) is 76.0 Å². The maximum absolute atomic E-state index is 12.7. The zero-order chi connectivity index (χ0) is 21.6.